The molecule has 4 aromatic rings. The first kappa shape index (κ1) is 38.8. The van der Waals surface area contributed by atoms with Gasteiger partial charge in [-0.25, -0.2) is 17.6 Å². The fourth-order valence-corrected chi connectivity index (χ4v) is 8.35. The summed E-state index contributed by atoms with van der Waals surface area (Å²) in [5.41, 5.74) is 5.56. The molecule has 0 atom stereocenters. The standard InChI is InChI=1S/C24H30F2.C23H28F2/c1-3-4-5-6-18-8-10-19(11-9-18)20-12-14-21(15-13-20)22-16-7-17(2)23(25)24(22)26;1-3-4-5-17-7-9-18(10-8-17)19-11-13-20(14-12-19)21-15-6-16(2)22(24)23(21)25/h7,12-16,18-19H,3-6,8-11H2,1-2H3;6,11-15,17-18H,3-5,7-10H2,1-2H3. The number of hydrogen-bond donors (Lipinski definition) is 0. The molecular formula is C47H58F4. The summed E-state index contributed by atoms with van der Waals surface area (Å²) >= 11 is 0. The van der Waals surface area contributed by atoms with Crippen LogP contribution in [0, 0.1) is 49.0 Å². The summed E-state index contributed by atoms with van der Waals surface area (Å²) < 4.78 is 56.0. The predicted octanol–water partition coefficient (Wildman–Crippen LogP) is 15.2. The van der Waals surface area contributed by atoms with E-state index in [1.807, 2.05) is 24.3 Å². The third-order valence-corrected chi connectivity index (χ3v) is 11.8. The molecule has 51 heavy (non-hydrogen) atoms. The van der Waals surface area contributed by atoms with Crippen LogP contribution in [0.15, 0.2) is 72.8 Å². The molecular weight excluding hydrogens is 641 g/mol. The summed E-state index contributed by atoms with van der Waals surface area (Å²) in [5, 5.41) is 0. The van der Waals surface area contributed by atoms with E-state index in [0.29, 0.717) is 34.1 Å². The Labute approximate surface area is 305 Å². The molecule has 2 aliphatic carbocycles. The van der Waals surface area contributed by atoms with Gasteiger partial charge in [-0.05, 0) is 122 Å². The highest BCUT2D eigenvalue weighted by Gasteiger charge is 2.24. The lowest BCUT2D eigenvalue weighted by molar-refractivity contribution is 0.303. The van der Waals surface area contributed by atoms with Gasteiger partial charge in [-0.3, -0.25) is 0 Å². The van der Waals surface area contributed by atoms with Gasteiger partial charge in [0.15, 0.2) is 23.3 Å². The van der Waals surface area contributed by atoms with Crippen molar-refractivity contribution in [3.05, 3.63) is 118 Å². The lowest BCUT2D eigenvalue weighted by atomic mass is 9.77. The molecule has 2 aliphatic rings. The van der Waals surface area contributed by atoms with Crippen molar-refractivity contribution in [2.24, 2.45) is 11.8 Å². The second-order valence-electron chi connectivity index (χ2n) is 15.4. The Hall–Kier alpha value is -3.40. The highest BCUT2D eigenvalue weighted by atomic mass is 19.2. The van der Waals surface area contributed by atoms with Gasteiger partial charge in [0.1, 0.15) is 0 Å². The fraction of sp³-hybridized carbons (Fsp3) is 0.489. The van der Waals surface area contributed by atoms with Gasteiger partial charge in [0.2, 0.25) is 0 Å². The van der Waals surface area contributed by atoms with Gasteiger partial charge in [-0.1, -0.05) is 132 Å². The van der Waals surface area contributed by atoms with E-state index in [1.165, 1.54) is 107 Å². The Morgan fingerprint density at radius 1 is 0.431 bits per heavy atom. The number of unbranched alkanes of at least 4 members (excludes halogenated alkanes) is 3. The minimum absolute atomic E-state index is 0.345. The van der Waals surface area contributed by atoms with Crippen molar-refractivity contribution in [2.45, 2.75) is 136 Å². The van der Waals surface area contributed by atoms with Crippen LogP contribution in [-0.2, 0) is 0 Å². The molecule has 4 heteroatoms. The Balaban J connectivity index is 0.000000198. The van der Waals surface area contributed by atoms with E-state index in [1.54, 1.807) is 38.1 Å². The summed E-state index contributed by atoms with van der Waals surface area (Å²) in [7, 11) is 0. The van der Waals surface area contributed by atoms with Crippen molar-refractivity contribution >= 4 is 0 Å². The zero-order chi connectivity index (χ0) is 36.3. The summed E-state index contributed by atoms with van der Waals surface area (Å²) in [6.45, 7) is 7.69. The van der Waals surface area contributed by atoms with Crippen LogP contribution in [0.2, 0.25) is 0 Å². The molecule has 0 unspecified atom stereocenters. The van der Waals surface area contributed by atoms with Crippen molar-refractivity contribution in [1.82, 2.24) is 0 Å². The first-order chi connectivity index (χ1) is 24.7. The molecule has 0 amide bonds. The molecule has 274 valence electrons. The van der Waals surface area contributed by atoms with Gasteiger partial charge >= 0.3 is 0 Å². The maximum Gasteiger partial charge on any atom is 0.166 e. The molecule has 2 saturated carbocycles. The molecule has 0 N–H and O–H groups in total. The Kier molecular flexibility index (Phi) is 14.4. The highest BCUT2D eigenvalue weighted by molar-refractivity contribution is 5.66. The fourth-order valence-electron chi connectivity index (χ4n) is 8.35. The van der Waals surface area contributed by atoms with Gasteiger partial charge in [-0.15, -0.1) is 0 Å². The van der Waals surface area contributed by atoms with E-state index in [9.17, 15) is 17.6 Å². The smallest absolute Gasteiger partial charge is 0.166 e. The van der Waals surface area contributed by atoms with Crippen LogP contribution in [0.25, 0.3) is 22.3 Å². The van der Waals surface area contributed by atoms with Crippen LogP contribution in [0.1, 0.15) is 144 Å². The summed E-state index contributed by atoms with van der Waals surface area (Å²) in [6, 6.07) is 22.8. The van der Waals surface area contributed by atoms with E-state index in [0.717, 1.165) is 23.0 Å². The van der Waals surface area contributed by atoms with Crippen LogP contribution in [0.4, 0.5) is 17.6 Å². The average molecular weight is 699 g/mol. The maximum absolute atomic E-state index is 14.2. The minimum atomic E-state index is -0.746. The van der Waals surface area contributed by atoms with E-state index in [-0.39, 0.29) is 0 Å². The SMILES string of the molecule is CCCCC1CCC(c2ccc(-c3ccc(C)c(F)c3F)cc2)CC1.CCCCCC1CCC(c2ccc(-c3ccc(C)c(F)c3F)cc2)CC1. The van der Waals surface area contributed by atoms with E-state index < -0.39 is 23.3 Å². The number of benzene rings is 4. The van der Waals surface area contributed by atoms with Gasteiger partial charge in [-0.2, -0.15) is 0 Å². The van der Waals surface area contributed by atoms with Gasteiger partial charge in [0, 0.05) is 11.1 Å². The second-order valence-corrected chi connectivity index (χ2v) is 15.4. The Bertz CT molecular complexity index is 1660. The molecule has 4 aromatic carbocycles. The highest BCUT2D eigenvalue weighted by Crippen LogP contribution is 2.40. The van der Waals surface area contributed by atoms with Crippen molar-refractivity contribution < 1.29 is 17.6 Å². The van der Waals surface area contributed by atoms with Gasteiger partial charge in [0.25, 0.3) is 0 Å². The van der Waals surface area contributed by atoms with Crippen molar-refractivity contribution in [3.8, 4) is 22.3 Å². The van der Waals surface area contributed by atoms with Crippen molar-refractivity contribution in [2.75, 3.05) is 0 Å². The largest absolute Gasteiger partial charge is 0.203 e. The molecule has 0 heterocycles. The Morgan fingerprint density at radius 2 is 0.804 bits per heavy atom. The first-order valence-corrected chi connectivity index (χ1v) is 19.8. The molecule has 0 radical (unpaired) electrons. The summed E-state index contributed by atoms with van der Waals surface area (Å²) in [5.74, 6) is 0.0638. The predicted molar refractivity (Wildman–Crippen MR) is 206 cm³/mol. The molecule has 2 fully saturated rings. The monoisotopic (exact) mass is 698 g/mol. The normalized spacial score (nSPS) is 20.5. The number of hydrogen-bond acceptors (Lipinski definition) is 0. The molecule has 0 nitrogen and oxygen atoms in total. The van der Waals surface area contributed by atoms with Gasteiger partial charge < -0.3 is 0 Å². The zero-order valence-corrected chi connectivity index (χ0v) is 31.4. The van der Waals surface area contributed by atoms with E-state index in [4.69, 9.17) is 0 Å². The number of rotatable bonds is 11. The quantitative estimate of drug-likeness (QED) is 0.108. The second kappa shape index (κ2) is 18.9. The van der Waals surface area contributed by atoms with Crippen molar-refractivity contribution in [3.63, 3.8) is 0 Å². The van der Waals surface area contributed by atoms with Crippen LogP contribution in [0.5, 0.6) is 0 Å². The van der Waals surface area contributed by atoms with Gasteiger partial charge in [0.05, 0.1) is 0 Å². The third-order valence-electron chi connectivity index (χ3n) is 11.8. The summed E-state index contributed by atoms with van der Waals surface area (Å²) in [6.07, 6.45) is 19.7. The van der Waals surface area contributed by atoms with E-state index in [2.05, 4.69) is 38.1 Å². The topological polar surface area (TPSA) is 0 Å². The number of aryl methyl sites for hydroxylation is 2. The van der Waals surface area contributed by atoms with Crippen LogP contribution < -0.4 is 0 Å². The lowest BCUT2D eigenvalue weighted by Crippen LogP contribution is -2.13. The molecule has 0 spiro atoms. The zero-order valence-electron chi connectivity index (χ0n) is 31.4. The van der Waals surface area contributed by atoms with Crippen molar-refractivity contribution in [1.29, 1.82) is 0 Å². The molecule has 6 rings (SSSR count). The molecule has 0 aromatic heterocycles. The molecule has 0 bridgehead atoms. The average Bonchev–Trinajstić information content (AvgIpc) is 3.16. The van der Waals surface area contributed by atoms with Crippen LogP contribution in [-0.4, -0.2) is 0 Å². The summed E-state index contributed by atoms with van der Waals surface area (Å²) in [4.78, 5) is 0. The maximum atomic E-state index is 14.2. The van der Waals surface area contributed by atoms with Crippen LogP contribution in [0.3, 0.4) is 0 Å². The third kappa shape index (κ3) is 10.1. The number of halogens is 4. The molecule has 0 saturated heterocycles. The van der Waals surface area contributed by atoms with E-state index >= 15 is 0 Å². The van der Waals surface area contributed by atoms with Crippen LogP contribution >= 0.6 is 0 Å². The Morgan fingerprint density at radius 3 is 1.18 bits per heavy atom. The molecule has 0 aliphatic heterocycles. The first-order valence-electron chi connectivity index (χ1n) is 19.8. The minimum Gasteiger partial charge on any atom is -0.203 e. The lowest BCUT2D eigenvalue weighted by Gasteiger charge is -2.29.